The average Bonchev–Trinajstić information content (AvgIpc) is 3.62. The third kappa shape index (κ3) is 4.54. The predicted molar refractivity (Wildman–Crippen MR) is 127 cm³/mol. The Morgan fingerprint density at radius 3 is 2.76 bits per heavy atom. The lowest BCUT2D eigenvalue weighted by Gasteiger charge is -2.17. The molecule has 0 amide bonds. The van der Waals surface area contributed by atoms with Crippen LogP contribution in [0.1, 0.15) is 50.6 Å². The van der Waals surface area contributed by atoms with E-state index in [-0.39, 0.29) is 12.6 Å². The Morgan fingerprint density at radius 2 is 2.06 bits per heavy atom. The third-order valence-electron chi connectivity index (χ3n) is 6.24. The lowest BCUT2D eigenvalue weighted by atomic mass is 10.2. The Bertz CT molecular complexity index is 1180. The van der Waals surface area contributed by atoms with Crippen molar-refractivity contribution < 1.29 is 9.52 Å². The average molecular weight is 448 g/mol. The minimum Gasteiger partial charge on any atom is -0.463 e. The van der Waals surface area contributed by atoms with Crippen LogP contribution in [0.15, 0.2) is 47.5 Å². The standard InChI is InChI=1S/C24H29N7O2/c1-2-17(14-32)28-24-29-22(21-23(30-24)31(15-27-21)18-6-3-4-7-18)26-13-16-9-10-19(25-12-16)20-8-5-11-33-20/h5,8-12,15,17-18,32H,2-4,6-7,13-14H2,1H3,(H2,26,28,29,30). The molecule has 3 N–H and O–H groups in total. The van der Waals surface area contributed by atoms with Gasteiger partial charge in [-0.05, 0) is 43.0 Å². The molecule has 33 heavy (non-hydrogen) atoms. The third-order valence-corrected chi connectivity index (χ3v) is 6.24. The van der Waals surface area contributed by atoms with Crippen molar-refractivity contribution in [2.24, 2.45) is 0 Å². The number of anilines is 2. The van der Waals surface area contributed by atoms with Crippen LogP contribution in [0.4, 0.5) is 11.8 Å². The van der Waals surface area contributed by atoms with Crippen LogP contribution < -0.4 is 10.6 Å². The van der Waals surface area contributed by atoms with Gasteiger partial charge in [-0.25, -0.2) is 4.98 Å². The summed E-state index contributed by atoms with van der Waals surface area (Å²) in [7, 11) is 0. The number of furan rings is 1. The molecule has 1 aliphatic rings. The van der Waals surface area contributed by atoms with Crippen LogP contribution >= 0.6 is 0 Å². The number of hydrogen-bond acceptors (Lipinski definition) is 8. The summed E-state index contributed by atoms with van der Waals surface area (Å²) in [5, 5.41) is 16.3. The highest BCUT2D eigenvalue weighted by Gasteiger charge is 2.22. The number of nitrogens with one attached hydrogen (secondary N) is 2. The molecule has 0 spiro atoms. The first-order valence-corrected chi connectivity index (χ1v) is 11.6. The molecule has 1 unspecified atom stereocenters. The smallest absolute Gasteiger partial charge is 0.227 e. The molecule has 0 bridgehead atoms. The van der Waals surface area contributed by atoms with Gasteiger partial charge in [0.1, 0.15) is 5.69 Å². The van der Waals surface area contributed by atoms with E-state index in [4.69, 9.17) is 14.4 Å². The molecule has 4 aromatic heterocycles. The minimum atomic E-state index is -0.100. The first-order valence-electron chi connectivity index (χ1n) is 11.6. The zero-order valence-corrected chi connectivity index (χ0v) is 18.7. The van der Waals surface area contributed by atoms with Crippen molar-refractivity contribution in [1.29, 1.82) is 0 Å². The van der Waals surface area contributed by atoms with Crippen molar-refractivity contribution in [1.82, 2.24) is 24.5 Å². The molecular formula is C24H29N7O2. The normalized spacial score (nSPS) is 15.2. The van der Waals surface area contributed by atoms with E-state index in [0.29, 0.717) is 24.4 Å². The van der Waals surface area contributed by atoms with Gasteiger partial charge in [0.05, 0.1) is 25.2 Å². The maximum absolute atomic E-state index is 9.64. The van der Waals surface area contributed by atoms with Gasteiger partial charge in [-0.15, -0.1) is 0 Å². The first-order chi connectivity index (χ1) is 16.2. The maximum atomic E-state index is 9.64. The number of aliphatic hydroxyl groups is 1. The van der Waals surface area contributed by atoms with Crippen LogP contribution in [-0.4, -0.2) is 42.3 Å². The van der Waals surface area contributed by atoms with Gasteiger partial charge < -0.3 is 24.7 Å². The van der Waals surface area contributed by atoms with E-state index in [1.807, 2.05) is 43.7 Å². The van der Waals surface area contributed by atoms with E-state index in [0.717, 1.165) is 47.4 Å². The minimum absolute atomic E-state index is 0.0240. The molecule has 4 heterocycles. The van der Waals surface area contributed by atoms with Gasteiger partial charge in [0.15, 0.2) is 22.7 Å². The van der Waals surface area contributed by atoms with Crippen molar-refractivity contribution in [3.63, 3.8) is 0 Å². The summed E-state index contributed by atoms with van der Waals surface area (Å²) in [6.45, 7) is 2.59. The molecule has 1 saturated carbocycles. The van der Waals surface area contributed by atoms with E-state index >= 15 is 0 Å². The highest BCUT2D eigenvalue weighted by molar-refractivity contribution is 5.84. The van der Waals surface area contributed by atoms with Gasteiger partial charge in [0, 0.05) is 18.8 Å². The first kappa shape index (κ1) is 21.4. The fourth-order valence-electron chi connectivity index (χ4n) is 4.30. The van der Waals surface area contributed by atoms with Crippen LogP contribution in [0.25, 0.3) is 22.6 Å². The van der Waals surface area contributed by atoms with Crippen molar-refractivity contribution in [2.75, 3.05) is 17.2 Å². The van der Waals surface area contributed by atoms with Gasteiger partial charge in [-0.1, -0.05) is 25.8 Å². The summed E-state index contributed by atoms with van der Waals surface area (Å²) >= 11 is 0. The van der Waals surface area contributed by atoms with Gasteiger partial charge >= 0.3 is 0 Å². The molecular weight excluding hydrogens is 418 g/mol. The van der Waals surface area contributed by atoms with Gasteiger partial charge in [0.25, 0.3) is 0 Å². The van der Waals surface area contributed by atoms with E-state index < -0.39 is 0 Å². The lowest BCUT2D eigenvalue weighted by molar-refractivity contribution is 0.271. The molecule has 1 fully saturated rings. The summed E-state index contributed by atoms with van der Waals surface area (Å²) in [5.41, 5.74) is 3.39. The summed E-state index contributed by atoms with van der Waals surface area (Å²) < 4.78 is 7.59. The Morgan fingerprint density at radius 1 is 1.18 bits per heavy atom. The number of rotatable bonds is 9. The van der Waals surface area contributed by atoms with E-state index in [9.17, 15) is 5.11 Å². The Labute approximate surface area is 192 Å². The molecule has 0 aromatic carbocycles. The number of imidazole rings is 1. The molecule has 0 aliphatic heterocycles. The van der Waals surface area contributed by atoms with E-state index in [1.165, 1.54) is 12.8 Å². The fourth-order valence-corrected chi connectivity index (χ4v) is 4.30. The van der Waals surface area contributed by atoms with Crippen LogP contribution in [0.3, 0.4) is 0 Å². The molecule has 9 nitrogen and oxygen atoms in total. The molecule has 1 atom stereocenters. The SMILES string of the molecule is CCC(CO)Nc1nc(NCc2ccc(-c3ccco3)nc2)c2ncn(C3CCCC3)c2n1. The summed E-state index contributed by atoms with van der Waals surface area (Å²) in [6.07, 6.45) is 10.9. The Balaban J connectivity index is 1.41. The largest absolute Gasteiger partial charge is 0.463 e. The summed E-state index contributed by atoms with van der Waals surface area (Å²) in [6, 6.07) is 8.03. The van der Waals surface area contributed by atoms with Crippen molar-refractivity contribution in [2.45, 2.75) is 57.7 Å². The van der Waals surface area contributed by atoms with Crippen LogP contribution in [0, 0.1) is 0 Å². The predicted octanol–water partition coefficient (Wildman–Crippen LogP) is 4.39. The number of hydrogen-bond donors (Lipinski definition) is 3. The number of aliphatic hydroxyl groups excluding tert-OH is 1. The zero-order chi connectivity index (χ0) is 22.6. The van der Waals surface area contributed by atoms with E-state index in [1.54, 1.807) is 6.26 Å². The Kier molecular flexibility index (Phi) is 6.21. The van der Waals surface area contributed by atoms with Gasteiger partial charge in [-0.2, -0.15) is 9.97 Å². The van der Waals surface area contributed by atoms with Crippen molar-refractivity contribution in [3.8, 4) is 11.5 Å². The highest BCUT2D eigenvalue weighted by Crippen LogP contribution is 2.33. The zero-order valence-electron chi connectivity index (χ0n) is 18.7. The second-order valence-corrected chi connectivity index (χ2v) is 8.47. The number of fused-ring (bicyclic) bond motifs is 1. The van der Waals surface area contributed by atoms with Crippen LogP contribution in [-0.2, 0) is 6.54 Å². The second kappa shape index (κ2) is 9.58. The molecule has 1 aliphatic carbocycles. The molecule has 4 aromatic rings. The van der Waals surface area contributed by atoms with Gasteiger partial charge in [0.2, 0.25) is 5.95 Å². The summed E-state index contributed by atoms with van der Waals surface area (Å²) in [5.74, 6) is 1.91. The maximum Gasteiger partial charge on any atom is 0.227 e. The topological polar surface area (TPSA) is 114 Å². The molecule has 0 saturated heterocycles. The van der Waals surface area contributed by atoms with Gasteiger partial charge in [-0.3, -0.25) is 4.98 Å². The number of pyridine rings is 1. The molecule has 9 heteroatoms. The van der Waals surface area contributed by atoms with Crippen molar-refractivity contribution >= 4 is 22.9 Å². The Hall–Kier alpha value is -3.46. The second-order valence-electron chi connectivity index (χ2n) is 8.47. The van der Waals surface area contributed by atoms with Crippen molar-refractivity contribution in [3.05, 3.63) is 48.6 Å². The van der Waals surface area contributed by atoms with Crippen LogP contribution in [0.2, 0.25) is 0 Å². The number of aromatic nitrogens is 5. The lowest BCUT2D eigenvalue weighted by Crippen LogP contribution is -2.24. The highest BCUT2D eigenvalue weighted by atomic mass is 16.3. The number of nitrogens with zero attached hydrogens (tertiary/aromatic N) is 5. The fraction of sp³-hybridized carbons (Fsp3) is 0.417. The summed E-state index contributed by atoms with van der Waals surface area (Å²) in [4.78, 5) is 18.6. The van der Waals surface area contributed by atoms with Crippen LogP contribution in [0.5, 0.6) is 0 Å². The molecule has 172 valence electrons. The molecule has 0 radical (unpaired) electrons. The molecule has 5 rings (SSSR count). The monoisotopic (exact) mass is 447 g/mol. The van der Waals surface area contributed by atoms with E-state index in [2.05, 4.69) is 25.2 Å². The quantitative estimate of drug-likeness (QED) is 0.346.